The molecule has 0 aromatic heterocycles. The summed E-state index contributed by atoms with van der Waals surface area (Å²) in [7, 11) is 1.41. The van der Waals surface area contributed by atoms with Gasteiger partial charge in [0.25, 0.3) is 5.91 Å². The molecule has 0 spiro atoms. The number of benzene rings is 2. The molecule has 4 nitrogen and oxygen atoms in total. The SMILES string of the molecule is COc1cccc(C(=O)Nc2c(F)ccc(C)c2F)c1N. The van der Waals surface area contributed by atoms with Crippen LogP contribution in [0.5, 0.6) is 5.75 Å². The summed E-state index contributed by atoms with van der Waals surface area (Å²) in [6.07, 6.45) is 0. The Morgan fingerprint density at radius 1 is 1.24 bits per heavy atom. The average Bonchev–Trinajstić information content (AvgIpc) is 2.47. The van der Waals surface area contributed by atoms with Gasteiger partial charge in [0.05, 0.1) is 18.4 Å². The van der Waals surface area contributed by atoms with Crippen LogP contribution in [-0.4, -0.2) is 13.0 Å². The van der Waals surface area contributed by atoms with E-state index in [0.717, 1.165) is 6.07 Å². The molecule has 3 N–H and O–H groups in total. The van der Waals surface area contributed by atoms with Crippen molar-refractivity contribution >= 4 is 17.3 Å². The molecule has 0 aliphatic rings. The van der Waals surface area contributed by atoms with E-state index in [1.165, 1.54) is 26.2 Å². The lowest BCUT2D eigenvalue weighted by molar-refractivity contribution is 0.102. The number of methoxy groups -OCH3 is 1. The first-order valence-electron chi connectivity index (χ1n) is 6.14. The average molecular weight is 292 g/mol. The highest BCUT2D eigenvalue weighted by Crippen LogP contribution is 2.27. The van der Waals surface area contributed by atoms with Crippen LogP contribution in [0.2, 0.25) is 0 Å². The van der Waals surface area contributed by atoms with Gasteiger partial charge in [-0.2, -0.15) is 0 Å². The molecule has 2 aromatic carbocycles. The summed E-state index contributed by atoms with van der Waals surface area (Å²) in [5.41, 5.74) is 5.69. The Morgan fingerprint density at radius 2 is 1.95 bits per heavy atom. The largest absolute Gasteiger partial charge is 0.495 e. The number of carbonyl (C=O) groups is 1. The number of hydrogen-bond acceptors (Lipinski definition) is 3. The predicted octanol–water partition coefficient (Wildman–Crippen LogP) is 3.12. The molecule has 2 rings (SSSR count). The number of anilines is 2. The Hall–Kier alpha value is -2.63. The van der Waals surface area contributed by atoms with Gasteiger partial charge in [-0.05, 0) is 30.7 Å². The van der Waals surface area contributed by atoms with Crippen molar-refractivity contribution in [1.82, 2.24) is 0 Å². The highest BCUT2D eigenvalue weighted by atomic mass is 19.1. The van der Waals surface area contributed by atoms with Crippen molar-refractivity contribution in [2.45, 2.75) is 6.92 Å². The fraction of sp³-hybridized carbons (Fsp3) is 0.133. The van der Waals surface area contributed by atoms with Gasteiger partial charge in [0, 0.05) is 0 Å². The minimum absolute atomic E-state index is 0.0784. The van der Waals surface area contributed by atoms with E-state index in [1.54, 1.807) is 12.1 Å². The first kappa shape index (κ1) is 14.8. The molecule has 2 aromatic rings. The van der Waals surface area contributed by atoms with Crippen molar-refractivity contribution in [3.63, 3.8) is 0 Å². The summed E-state index contributed by atoms with van der Waals surface area (Å²) in [6.45, 7) is 1.48. The number of rotatable bonds is 3. The van der Waals surface area contributed by atoms with Crippen LogP contribution in [0.4, 0.5) is 20.2 Å². The van der Waals surface area contributed by atoms with Crippen LogP contribution < -0.4 is 15.8 Å². The Bertz CT molecular complexity index is 702. The molecule has 21 heavy (non-hydrogen) atoms. The molecule has 0 heterocycles. The maximum Gasteiger partial charge on any atom is 0.258 e. The van der Waals surface area contributed by atoms with E-state index in [1.807, 2.05) is 0 Å². The van der Waals surface area contributed by atoms with Crippen molar-refractivity contribution in [3.8, 4) is 5.75 Å². The van der Waals surface area contributed by atoms with Crippen LogP contribution in [0.15, 0.2) is 30.3 Å². The second-order valence-corrected chi connectivity index (χ2v) is 4.43. The predicted molar refractivity (Wildman–Crippen MR) is 76.5 cm³/mol. The number of nitrogens with one attached hydrogen (secondary N) is 1. The molecule has 0 fully saturated rings. The van der Waals surface area contributed by atoms with Crippen molar-refractivity contribution in [2.75, 3.05) is 18.2 Å². The number of nitrogen functional groups attached to an aromatic ring is 1. The summed E-state index contributed by atoms with van der Waals surface area (Å²) >= 11 is 0. The third-order valence-corrected chi connectivity index (χ3v) is 3.05. The summed E-state index contributed by atoms with van der Waals surface area (Å²) in [4.78, 5) is 12.1. The van der Waals surface area contributed by atoms with E-state index in [9.17, 15) is 13.6 Å². The van der Waals surface area contributed by atoms with Gasteiger partial charge in [-0.15, -0.1) is 0 Å². The minimum atomic E-state index is -0.854. The van der Waals surface area contributed by atoms with E-state index in [2.05, 4.69) is 5.32 Å². The van der Waals surface area contributed by atoms with Crippen LogP contribution in [0.25, 0.3) is 0 Å². The zero-order chi connectivity index (χ0) is 15.6. The second kappa shape index (κ2) is 5.78. The lowest BCUT2D eigenvalue weighted by Crippen LogP contribution is -2.16. The van der Waals surface area contributed by atoms with Crippen LogP contribution in [-0.2, 0) is 0 Å². The van der Waals surface area contributed by atoms with Gasteiger partial charge >= 0.3 is 0 Å². The van der Waals surface area contributed by atoms with Gasteiger partial charge in [-0.25, -0.2) is 8.78 Å². The fourth-order valence-corrected chi connectivity index (χ4v) is 1.87. The normalized spacial score (nSPS) is 10.3. The van der Waals surface area contributed by atoms with Gasteiger partial charge in [0.2, 0.25) is 0 Å². The van der Waals surface area contributed by atoms with E-state index in [0.29, 0.717) is 5.75 Å². The third-order valence-electron chi connectivity index (χ3n) is 3.05. The Balaban J connectivity index is 2.38. The molecule has 0 aliphatic heterocycles. The first-order chi connectivity index (χ1) is 9.95. The molecule has 0 bridgehead atoms. The van der Waals surface area contributed by atoms with E-state index >= 15 is 0 Å². The quantitative estimate of drug-likeness (QED) is 0.854. The van der Waals surface area contributed by atoms with Crippen molar-refractivity contribution in [2.24, 2.45) is 0 Å². The van der Waals surface area contributed by atoms with E-state index in [-0.39, 0.29) is 16.8 Å². The first-order valence-corrected chi connectivity index (χ1v) is 6.14. The molecule has 110 valence electrons. The van der Waals surface area contributed by atoms with Crippen molar-refractivity contribution in [1.29, 1.82) is 0 Å². The number of halogens is 2. The molecule has 6 heteroatoms. The van der Waals surface area contributed by atoms with Gasteiger partial charge in [0.1, 0.15) is 17.3 Å². The van der Waals surface area contributed by atoms with Gasteiger partial charge < -0.3 is 15.8 Å². The fourth-order valence-electron chi connectivity index (χ4n) is 1.87. The summed E-state index contributed by atoms with van der Waals surface area (Å²) in [6, 6.07) is 6.97. The number of nitrogens with two attached hydrogens (primary N) is 1. The third kappa shape index (κ3) is 2.79. The number of hydrogen-bond donors (Lipinski definition) is 2. The molecule has 0 aliphatic carbocycles. The molecule has 0 atom stereocenters. The van der Waals surface area contributed by atoms with E-state index in [4.69, 9.17) is 10.5 Å². The number of amides is 1. The number of aryl methyl sites for hydroxylation is 1. The summed E-state index contributed by atoms with van der Waals surface area (Å²) < 4.78 is 32.5. The van der Waals surface area contributed by atoms with Crippen molar-refractivity contribution in [3.05, 3.63) is 53.1 Å². The highest BCUT2D eigenvalue weighted by Gasteiger charge is 2.18. The van der Waals surface area contributed by atoms with E-state index < -0.39 is 23.2 Å². The molecule has 0 saturated carbocycles. The van der Waals surface area contributed by atoms with Crippen LogP contribution in [0.1, 0.15) is 15.9 Å². The van der Waals surface area contributed by atoms with Crippen LogP contribution in [0.3, 0.4) is 0 Å². The number of para-hydroxylation sites is 1. The monoisotopic (exact) mass is 292 g/mol. The topological polar surface area (TPSA) is 64.3 Å². The zero-order valence-corrected chi connectivity index (χ0v) is 11.5. The standard InChI is InChI=1S/C15H14F2N2O2/c1-8-6-7-10(16)14(12(8)17)19-15(20)9-4-3-5-11(21-2)13(9)18/h3-7H,18H2,1-2H3,(H,19,20). The van der Waals surface area contributed by atoms with Gasteiger partial charge in [-0.3, -0.25) is 4.79 Å². The van der Waals surface area contributed by atoms with Gasteiger partial charge in [-0.1, -0.05) is 12.1 Å². The lowest BCUT2D eigenvalue weighted by Gasteiger charge is -2.12. The zero-order valence-electron chi connectivity index (χ0n) is 11.5. The molecular formula is C15H14F2N2O2. The molecule has 0 saturated heterocycles. The maximum atomic E-state index is 13.9. The van der Waals surface area contributed by atoms with Crippen LogP contribution >= 0.6 is 0 Å². The minimum Gasteiger partial charge on any atom is -0.495 e. The highest BCUT2D eigenvalue weighted by molar-refractivity contribution is 6.08. The lowest BCUT2D eigenvalue weighted by atomic mass is 10.1. The summed E-state index contributed by atoms with van der Waals surface area (Å²) in [5, 5.41) is 2.20. The van der Waals surface area contributed by atoms with Gasteiger partial charge in [0.15, 0.2) is 5.82 Å². The van der Waals surface area contributed by atoms with Crippen LogP contribution in [0, 0.1) is 18.6 Å². The maximum absolute atomic E-state index is 13.9. The smallest absolute Gasteiger partial charge is 0.258 e. The molecular weight excluding hydrogens is 278 g/mol. The number of carbonyl (C=O) groups excluding carboxylic acids is 1. The summed E-state index contributed by atoms with van der Waals surface area (Å²) in [5.74, 6) is -2.07. The second-order valence-electron chi connectivity index (χ2n) is 4.43. The number of ether oxygens (including phenoxy) is 1. The Morgan fingerprint density at radius 3 is 2.62 bits per heavy atom. The molecule has 0 unspecified atom stereocenters. The van der Waals surface area contributed by atoms with Crippen molar-refractivity contribution < 1.29 is 18.3 Å². The Labute approximate surface area is 120 Å². The molecule has 1 amide bonds. The Kier molecular flexibility index (Phi) is 4.07. The molecule has 0 radical (unpaired) electrons.